The molecule has 0 saturated carbocycles. The smallest absolute Gasteiger partial charge is 0.213 e. The van der Waals surface area contributed by atoms with Crippen molar-refractivity contribution in [2.75, 3.05) is 0 Å². The van der Waals surface area contributed by atoms with Crippen LogP contribution in [0.4, 0.5) is 0 Å². The first-order chi connectivity index (χ1) is 15.2. The van der Waals surface area contributed by atoms with Gasteiger partial charge in [-0.3, -0.25) is 0 Å². The van der Waals surface area contributed by atoms with Crippen LogP contribution in [-0.2, 0) is 6.61 Å². The van der Waals surface area contributed by atoms with Gasteiger partial charge < -0.3 is 4.74 Å². The van der Waals surface area contributed by atoms with Crippen molar-refractivity contribution >= 4 is 17.5 Å². The largest absolute Gasteiger partial charge is 0.486 e. The van der Waals surface area contributed by atoms with Gasteiger partial charge in [-0.05, 0) is 37.1 Å². The summed E-state index contributed by atoms with van der Waals surface area (Å²) in [5.74, 6) is 1.48. The van der Waals surface area contributed by atoms with E-state index in [9.17, 15) is 0 Å². The Labute approximate surface area is 185 Å². The van der Waals surface area contributed by atoms with E-state index >= 15 is 0 Å². The van der Waals surface area contributed by atoms with Crippen molar-refractivity contribution in [3.63, 3.8) is 0 Å². The Balaban J connectivity index is 1.50. The highest BCUT2D eigenvalue weighted by molar-refractivity contribution is 8.00. The lowest BCUT2D eigenvalue weighted by Gasteiger charge is -2.23. The fourth-order valence-corrected chi connectivity index (χ4v) is 4.58. The molecule has 2 heterocycles. The van der Waals surface area contributed by atoms with Gasteiger partial charge in [0.25, 0.3) is 0 Å². The van der Waals surface area contributed by atoms with Gasteiger partial charge in [0, 0.05) is 0 Å². The average Bonchev–Trinajstić information content (AvgIpc) is 3.21. The number of ether oxygens (including phenoxy) is 1. The molecular weight excluding hydrogens is 404 g/mol. The minimum Gasteiger partial charge on any atom is -0.486 e. The summed E-state index contributed by atoms with van der Waals surface area (Å²) in [7, 11) is 0. The molecule has 0 radical (unpaired) electrons. The number of fused-ring (bicyclic) bond motifs is 1. The van der Waals surface area contributed by atoms with E-state index in [1.807, 2.05) is 35.0 Å². The molecule has 0 fully saturated rings. The molecule has 4 aromatic rings. The second kappa shape index (κ2) is 8.40. The standard InChI is InChI=1S/C25H22N4OS/c1-17-8-12-19(13-9-17)23-24(20-6-4-3-5-7-20)31-25-27-26-22(29(25)28-23)16-30-21-14-10-18(2)11-15-21/h3-15,24H,16H2,1-2H3/t24-/m0/s1. The molecule has 1 aromatic heterocycles. The van der Waals surface area contributed by atoms with Crippen molar-refractivity contribution in [1.29, 1.82) is 0 Å². The number of benzene rings is 3. The summed E-state index contributed by atoms with van der Waals surface area (Å²) in [4.78, 5) is 0. The Kier molecular flexibility index (Phi) is 5.30. The Morgan fingerprint density at radius 1 is 0.839 bits per heavy atom. The maximum absolute atomic E-state index is 5.94. The van der Waals surface area contributed by atoms with Crippen LogP contribution in [0, 0.1) is 13.8 Å². The molecule has 1 atom stereocenters. The van der Waals surface area contributed by atoms with Crippen LogP contribution >= 0.6 is 11.8 Å². The fourth-order valence-electron chi connectivity index (χ4n) is 3.45. The highest BCUT2D eigenvalue weighted by atomic mass is 32.2. The summed E-state index contributed by atoms with van der Waals surface area (Å²) in [6, 6.07) is 26.9. The number of aromatic nitrogens is 3. The van der Waals surface area contributed by atoms with Crippen molar-refractivity contribution in [3.8, 4) is 5.75 Å². The number of thioether (sulfide) groups is 1. The second-order valence-corrected chi connectivity index (χ2v) is 8.64. The number of nitrogens with zero attached hydrogens (tertiary/aromatic N) is 4. The lowest BCUT2D eigenvalue weighted by atomic mass is 10.0. The molecule has 0 aliphatic carbocycles. The predicted molar refractivity (Wildman–Crippen MR) is 124 cm³/mol. The molecule has 0 amide bonds. The van der Waals surface area contributed by atoms with Crippen LogP contribution in [0.5, 0.6) is 5.75 Å². The van der Waals surface area contributed by atoms with Gasteiger partial charge in [0.05, 0.1) is 11.0 Å². The summed E-state index contributed by atoms with van der Waals surface area (Å²) in [6.07, 6.45) is 0. The molecule has 6 heteroatoms. The van der Waals surface area contributed by atoms with Gasteiger partial charge in [-0.25, -0.2) is 0 Å². The summed E-state index contributed by atoms with van der Waals surface area (Å²) >= 11 is 1.66. The SMILES string of the molecule is Cc1ccc(OCc2nnc3n2N=C(c2ccc(C)cc2)[C@H](c2ccccc2)S3)cc1. The van der Waals surface area contributed by atoms with E-state index < -0.39 is 0 Å². The zero-order chi connectivity index (χ0) is 21.2. The Morgan fingerprint density at radius 2 is 1.52 bits per heavy atom. The van der Waals surface area contributed by atoms with Crippen molar-refractivity contribution < 1.29 is 4.74 Å². The Morgan fingerprint density at radius 3 is 2.23 bits per heavy atom. The lowest BCUT2D eigenvalue weighted by Crippen LogP contribution is -2.19. The molecule has 0 bridgehead atoms. The molecule has 0 N–H and O–H groups in total. The number of rotatable bonds is 5. The number of hydrogen-bond donors (Lipinski definition) is 0. The topological polar surface area (TPSA) is 52.3 Å². The maximum atomic E-state index is 5.94. The number of aryl methyl sites for hydroxylation is 2. The molecule has 3 aromatic carbocycles. The van der Waals surface area contributed by atoms with Crippen LogP contribution in [0.2, 0.25) is 0 Å². The molecule has 154 valence electrons. The molecule has 0 spiro atoms. The minimum atomic E-state index is 0.0477. The third-order valence-corrected chi connectivity index (χ3v) is 6.39. The molecule has 5 nitrogen and oxygen atoms in total. The maximum Gasteiger partial charge on any atom is 0.213 e. The molecule has 0 saturated heterocycles. The van der Waals surface area contributed by atoms with Crippen LogP contribution in [0.15, 0.2) is 89.1 Å². The summed E-state index contributed by atoms with van der Waals surface area (Å²) in [6.45, 7) is 4.45. The van der Waals surface area contributed by atoms with Crippen LogP contribution in [-0.4, -0.2) is 20.6 Å². The highest BCUT2D eigenvalue weighted by Gasteiger charge is 2.30. The summed E-state index contributed by atoms with van der Waals surface area (Å²) in [5.41, 5.74) is 5.69. The first-order valence-electron chi connectivity index (χ1n) is 10.2. The summed E-state index contributed by atoms with van der Waals surface area (Å²) in [5, 5.41) is 14.6. The second-order valence-electron chi connectivity index (χ2n) is 7.57. The van der Waals surface area contributed by atoms with Gasteiger partial charge in [-0.15, -0.1) is 10.2 Å². The van der Waals surface area contributed by atoms with Gasteiger partial charge in [-0.1, -0.05) is 89.6 Å². The predicted octanol–water partition coefficient (Wildman–Crippen LogP) is 5.57. The molecule has 0 unspecified atom stereocenters. The normalized spacial score (nSPS) is 15.3. The number of hydrogen-bond acceptors (Lipinski definition) is 5. The van der Waals surface area contributed by atoms with E-state index in [1.165, 1.54) is 16.7 Å². The molecule has 5 rings (SSSR count). The first-order valence-corrected chi connectivity index (χ1v) is 11.1. The molecule has 31 heavy (non-hydrogen) atoms. The van der Waals surface area contributed by atoms with Gasteiger partial charge in [0.1, 0.15) is 12.4 Å². The zero-order valence-electron chi connectivity index (χ0n) is 17.4. The Hall–Kier alpha value is -3.38. The van der Waals surface area contributed by atoms with E-state index in [2.05, 4.69) is 72.6 Å². The Bertz CT molecular complexity index is 1210. The van der Waals surface area contributed by atoms with Crippen molar-refractivity contribution in [2.45, 2.75) is 30.9 Å². The van der Waals surface area contributed by atoms with Crippen LogP contribution in [0.3, 0.4) is 0 Å². The van der Waals surface area contributed by atoms with E-state index in [1.54, 1.807) is 11.8 Å². The van der Waals surface area contributed by atoms with E-state index in [-0.39, 0.29) is 5.25 Å². The van der Waals surface area contributed by atoms with Gasteiger partial charge >= 0.3 is 0 Å². The lowest BCUT2D eigenvalue weighted by molar-refractivity contribution is 0.289. The average molecular weight is 427 g/mol. The van der Waals surface area contributed by atoms with Gasteiger partial charge in [0.2, 0.25) is 5.16 Å². The van der Waals surface area contributed by atoms with Crippen molar-refractivity contribution in [2.24, 2.45) is 5.10 Å². The highest BCUT2D eigenvalue weighted by Crippen LogP contribution is 2.41. The van der Waals surface area contributed by atoms with E-state index in [4.69, 9.17) is 9.84 Å². The molecule has 1 aliphatic heterocycles. The minimum absolute atomic E-state index is 0.0477. The van der Waals surface area contributed by atoms with Crippen LogP contribution in [0.25, 0.3) is 0 Å². The first kappa shape index (κ1) is 19.6. The molecule has 1 aliphatic rings. The van der Waals surface area contributed by atoms with E-state index in [0.717, 1.165) is 22.2 Å². The quantitative estimate of drug-likeness (QED) is 0.418. The van der Waals surface area contributed by atoms with Crippen molar-refractivity contribution in [1.82, 2.24) is 14.9 Å². The van der Waals surface area contributed by atoms with Gasteiger partial charge in [-0.2, -0.15) is 9.78 Å². The fraction of sp³-hybridized carbons (Fsp3) is 0.160. The third kappa shape index (κ3) is 4.11. The van der Waals surface area contributed by atoms with Crippen LogP contribution in [0.1, 0.15) is 33.3 Å². The molecular formula is C25H22N4OS. The monoisotopic (exact) mass is 426 g/mol. The van der Waals surface area contributed by atoms with Crippen molar-refractivity contribution in [3.05, 3.63) is 107 Å². The third-order valence-electron chi connectivity index (χ3n) is 5.19. The zero-order valence-corrected chi connectivity index (χ0v) is 18.2. The van der Waals surface area contributed by atoms with Gasteiger partial charge in [0.15, 0.2) is 5.82 Å². The van der Waals surface area contributed by atoms with Crippen LogP contribution < -0.4 is 4.74 Å². The summed E-state index contributed by atoms with van der Waals surface area (Å²) < 4.78 is 7.75. The van der Waals surface area contributed by atoms with E-state index in [0.29, 0.717) is 12.4 Å².